The Hall–Kier alpha value is -2.25. The number of aliphatic hydroxyl groups is 1. The van der Waals surface area contributed by atoms with Crippen molar-refractivity contribution in [1.82, 2.24) is 9.80 Å². The van der Waals surface area contributed by atoms with E-state index in [-0.39, 0.29) is 12.7 Å². The molecule has 0 bridgehead atoms. The monoisotopic (exact) mass is 378 g/mol. The molecule has 0 radical (unpaired) electrons. The Morgan fingerprint density at radius 3 is 2.70 bits per heavy atom. The van der Waals surface area contributed by atoms with Crippen molar-refractivity contribution in [3.05, 3.63) is 36.4 Å². The van der Waals surface area contributed by atoms with Gasteiger partial charge in [-0.05, 0) is 31.5 Å². The van der Waals surface area contributed by atoms with E-state index in [1.54, 1.807) is 25.0 Å². The number of carbonyl (C=O) groups is 1. The number of aliphatic hydroxyl groups excluding tert-OH is 1. The third-order valence-electron chi connectivity index (χ3n) is 4.43. The predicted molar refractivity (Wildman–Crippen MR) is 103 cm³/mol. The Kier molecular flexibility index (Phi) is 8.42. The van der Waals surface area contributed by atoms with Gasteiger partial charge in [0.15, 0.2) is 0 Å². The molecule has 1 fully saturated rings. The molecule has 150 valence electrons. The summed E-state index contributed by atoms with van der Waals surface area (Å²) in [7, 11) is 1.62. The highest BCUT2D eigenvalue weighted by Crippen LogP contribution is 2.25. The fraction of sp³-hybridized carbons (Fsp3) is 0.550. The van der Waals surface area contributed by atoms with Crippen LogP contribution in [0.2, 0.25) is 0 Å². The van der Waals surface area contributed by atoms with E-state index in [1.807, 2.05) is 18.2 Å². The summed E-state index contributed by atoms with van der Waals surface area (Å²) in [5, 5.41) is 10.3. The molecule has 1 atom stereocenters. The van der Waals surface area contributed by atoms with E-state index >= 15 is 0 Å². The molecule has 1 aliphatic rings. The van der Waals surface area contributed by atoms with Gasteiger partial charge in [0.05, 0.1) is 13.7 Å². The summed E-state index contributed by atoms with van der Waals surface area (Å²) in [5.41, 5.74) is 0.972. The van der Waals surface area contributed by atoms with Crippen molar-refractivity contribution in [2.24, 2.45) is 0 Å². The van der Waals surface area contributed by atoms with Crippen LogP contribution in [-0.4, -0.2) is 80.2 Å². The molecule has 1 aromatic rings. The number of rotatable bonds is 9. The Labute approximate surface area is 161 Å². The predicted octanol–water partition coefficient (Wildman–Crippen LogP) is 1.94. The summed E-state index contributed by atoms with van der Waals surface area (Å²) < 4.78 is 16.1. The normalized spacial score (nSPS) is 15.9. The SMILES string of the molecule is C=CCc1cc(OC)ccc1OC[C@H](O)CN1CCN(C(=O)OCC)CC1. The Morgan fingerprint density at radius 1 is 1.33 bits per heavy atom. The van der Waals surface area contributed by atoms with Gasteiger partial charge in [-0.15, -0.1) is 6.58 Å². The van der Waals surface area contributed by atoms with Crippen LogP contribution < -0.4 is 9.47 Å². The molecule has 27 heavy (non-hydrogen) atoms. The van der Waals surface area contributed by atoms with Gasteiger partial charge in [0, 0.05) is 38.3 Å². The summed E-state index contributed by atoms with van der Waals surface area (Å²) in [6.45, 7) is 9.28. The molecule has 1 aliphatic heterocycles. The largest absolute Gasteiger partial charge is 0.497 e. The summed E-state index contributed by atoms with van der Waals surface area (Å²) >= 11 is 0. The number of β-amino-alcohol motifs (C(OH)–C–C–N with tert-alkyl or cyclic N) is 1. The summed E-state index contributed by atoms with van der Waals surface area (Å²) in [5.74, 6) is 1.49. The molecule has 1 amide bonds. The molecule has 1 aromatic carbocycles. The third-order valence-corrected chi connectivity index (χ3v) is 4.43. The second kappa shape index (κ2) is 10.8. The van der Waals surface area contributed by atoms with E-state index in [9.17, 15) is 9.90 Å². The first kappa shape index (κ1) is 21.1. The number of allylic oxidation sites excluding steroid dienone is 1. The molecule has 7 nitrogen and oxygen atoms in total. The van der Waals surface area contributed by atoms with Crippen molar-refractivity contribution >= 4 is 6.09 Å². The minimum absolute atomic E-state index is 0.203. The average Bonchev–Trinajstić information content (AvgIpc) is 2.68. The first-order chi connectivity index (χ1) is 13.1. The van der Waals surface area contributed by atoms with Gasteiger partial charge in [-0.25, -0.2) is 4.79 Å². The van der Waals surface area contributed by atoms with Crippen LogP contribution >= 0.6 is 0 Å². The molecule has 2 rings (SSSR count). The summed E-state index contributed by atoms with van der Waals surface area (Å²) in [6, 6.07) is 5.60. The molecule has 0 saturated carbocycles. The molecule has 7 heteroatoms. The number of hydrogen-bond acceptors (Lipinski definition) is 6. The smallest absolute Gasteiger partial charge is 0.409 e. The van der Waals surface area contributed by atoms with Crippen molar-refractivity contribution in [2.75, 3.05) is 53.0 Å². The van der Waals surface area contributed by atoms with Gasteiger partial charge < -0.3 is 24.2 Å². The number of methoxy groups -OCH3 is 1. The van der Waals surface area contributed by atoms with Crippen LogP contribution in [0.1, 0.15) is 12.5 Å². The van der Waals surface area contributed by atoms with Crippen LogP contribution in [-0.2, 0) is 11.2 Å². The highest BCUT2D eigenvalue weighted by molar-refractivity contribution is 5.67. The van der Waals surface area contributed by atoms with Crippen LogP contribution in [0.4, 0.5) is 4.79 Å². The minimum atomic E-state index is -0.613. The summed E-state index contributed by atoms with van der Waals surface area (Å²) in [6.07, 6.45) is 1.59. The van der Waals surface area contributed by atoms with Gasteiger partial charge in [0.25, 0.3) is 0 Å². The van der Waals surface area contributed by atoms with E-state index in [1.165, 1.54) is 0 Å². The lowest BCUT2D eigenvalue weighted by atomic mass is 10.1. The maximum Gasteiger partial charge on any atom is 0.409 e. The Bertz CT molecular complexity index is 614. The van der Waals surface area contributed by atoms with E-state index in [0.29, 0.717) is 45.8 Å². The van der Waals surface area contributed by atoms with Gasteiger partial charge in [-0.3, -0.25) is 4.90 Å². The van der Waals surface area contributed by atoms with E-state index in [2.05, 4.69) is 11.5 Å². The molecular weight excluding hydrogens is 348 g/mol. The van der Waals surface area contributed by atoms with Gasteiger partial charge in [0.1, 0.15) is 24.2 Å². The van der Waals surface area contributed by atoms with Crippen LogP contribution in [0.3, 0.4) is 0 Å². The zero-order valence-corrected chi connectivity index (χ0v) is 16.2. The lowest BCUT2D eigenvalue weighted by molar-refractivity contribution is 0.0406. The van der Waals surface area contributed by atoms with Gasteiger partial charge in [-0.2, -0.15) is 0 Å². The van der Waals surface area contributed by atoms with Gasteiger partial charge >= 0.3 is 6.09 Å². The lowest BCUT2D eigenvalue weighted by Gasteiger charge is -2.34. The number of carbonyl (C=O) groups excluding carboxylic acids is 1. The van der Waals surface area contributed by atoms with Crippen molar-refractivity contribution in [2.45, 2.75) is 19.4 Å². The molecular formula is C20H30N2O5. The number of ether oxygens (including phenoxy) is 3. The van der Waals surface area contributed by atoms with Crippen molar-refractivity contribution in [3.8, 4) is 11.5 Å². The number of piperazine rings is 1. The number of amides is 1. The van der Waals surface area contributed by atoms with Crippen molar-refractivity contribution in [1.29, 1.82) is 0 Å². The Balaban J connectivity index is 1.79. The fourth-order valence-electron chi connectivity index (χ4n) is 3.00. The molecule has 0 aliphatic carbocycles. The zero-order valence-electron chi connectivity index (χ0n) is 16.2. The second-order valence-corrected chi connectivity index (χ2v) is 6.42. The van der Waals surface area contributed by atoms with Gasteiger partial charge in [-0.1, -0.05) is 6.08 Å². The molecule has 0 unspecified atom stereocenters. The van der Waals surface area contributed by atoms with E-state index < -0.39 is 6.10 Å². The first-order valence-corrected chi connectivity index (χ1v) is 9.30. The number of hydrogen-bond donors (Lipinski definition) is 1. The highest BCUT2D eigenvalue weighted by Gasteiger charge is 2.23. The minimum Gasteiger partial charge on any atom is -0.497 e. The van der Waals surface area contributed by atoms with Gasteiger partial charge in [0.2, 0.25) is 0 Å². The molecule has 1 heterocycles. The first-order valence-electron chi connectivity index (χ1n) is 9.30. The third kappa shape index (κ3) is 6.45. The van der Waals surface area contributed by atoms with E-state index in [4.69, 9.17) is 14.2 Å². The molecule has 0 spiro atoms. The standard InChI is InChI=1S/C20H30N2O5/c1-4-6-16-13-18(25-3)7-8-19(16)27-15-17(23)14-21-9-11-22(12-10-21)20(24)26-5-2/h4,7-8,13,17,23H,1,5-6,9-12,14-15H2,2-3H3/t17-/m1/s1. The average molecular weight is 378 g/mol. The maximum atomic E-state index is 11.7. The van der Waals surface area contributed by atoms with Crippen LogP contribution in [0.25, 0.3) is 0 Å². The highest BCUT2D eigenvalue weighted by atomic mass is 16.6. The Morgan fingerprint density at radius 2 is 2.07 bits per heavy atom. The van der Waals surface area contributed by atoms with Crippen LogP contribution in [0.15, 0.2) is 30.9 Å². The topological polar surface area (TPSA) is 71.5 Å². The zero-order chi connectivity index (χ0) is 19.6. The maximum absolute atomic E-state index is 11.7. The molecule has 1 N–H and O–H groups in total. The number of nitrogens with zero attached hydrogens (tertiary/aromatic N) is 2. The number of benzene rings is 1. The van der Waals surface area contributed by atoms with Crippen molar-refractivity contribution in [3.63, 3.8) is 0 Å². The van der Waals surface area contributed by atoms with E-state index in [0.717, 1.165) is 17.1 Å². The quantitative estimate of drug-likeness (QED) is 0.662. The van der Waals surface area contributed by atoms with Crippen molar-refractivity contribution < 1.29 is 24.1 Å². The fourth-order valence-corrected chi connectivity index (χ4v) is 3.00. The summed E-state index contributed by atoms with van der Waals surface area (Å²) in [4.78, 5) is 15.5. The van der Waals surface area contributed by atoms with Crippen LogP contribution in [0, 0.1) is 0 Å². The molecule has 1 saturated heterocycles. The molecule has 0 aromatic heterocycles. The second-order valence-electron chi connectivity index (χ2n) is 6.42. The lowest BCUT2D eigenvalue weighted by Crippen LogP contribution is -2.51. The van der Waals surface area contributed by atoms with Crippen LogP contribution in [0.5, 0.6) is 11.5 Å².